The predicted octanol–water partition coefficient (Wildman–Crippen LogP) is 23.7. The van der Waals surface area contributed by atoms with Crippen LogP contribution in [0.3, 0.4) is 0 Å². The highest BCUT2D eigenvalue weighted by molar-refractivity contribution is 9.10. The highest BCUT2D eigenvalue weighted by Gasteiger charge is 2.31. The monoisotopic (exact) mass is 2290 g/mol. The zero-order valence-electron chi connectivity index (χ0n) is 68.0. The molecule has 700 valence electrons. The molecular weight excluding hydrogens is 2250 g/mol. The molecular formula is C91H49Br2Cl10NO27S6. The maximum Gasteiger partial charge on any atom is 0.355 e. The lowest BCUT2D eigenvalue weighted by Crippen LogP contribution is -2.14. The van der Waals surface area contributed by atoms with E-state index in [0.29, 0.717) is 74.0 Å². The summed E-state index contributed by atoms with van der Waals surface area (Å²) in [5, 5.41) is 16.2. The molecule has 137 heavy (non-hydrogen) atoms. The van der Waals surface area contributed by atoms with Gasteiger partial charge in [0.25, 0.3) is 5.69 Å². The Morgan fingerprint density at radius 1 is 0.248 bits per heavy atom. The van der Waals surface area contributed by atoms with Crippen molar-refractivity contribution in [1.82, 2.24) is 0 Å². The minimum absolute atomic E-state index is 0.0152. The maximum absolute atomic E-state index is 12.7. The Morgan fingerprint density at radius 2 is 0.467 bits per heavy atom. The summed E-state index contributed by atoms with van der Waals surface area (Å²) in [6.45, 7) is 0. The molecule has 0 spiro atoms. The van der Waals surface area contributed by atoms with Gasteiger partial charge in [0.15, 0.2) is 29.4 Å². The van der Waals surface area contributed by atoms with Crippen molar-refractivity contribution in [1.29, 1.82) is 0 Å². The van der Waals surface area contributed by atoms with Crippen molar-refractivity contribution in [2.75, 3.05) is 7.11 Å². The Hall–Kier alpha value is -11.3. The van der Waals surface area contributed by atoms with Crippen LogP contribution < -0.4 is 38.5 Å². The van der Waals surface area contributed by atoms with Gasteiger partial charge in [0.05, 0.1) is 61.5 Å². The molecule has 0 N–H and O–H groups in total. The number of methoxy groups -OCH3 is 1. The topological polar surface area (TPSA) is 438 Å². The molecule has 18 rings (SSSR count). The SMILES string of the molecule is COc1ccc2oc(=O)c(S(=O)(=O)c3ccc(Cl)cc3)cc2c1.O=c1oc2ccc(Br)cc2cc1S(=O)(=O)c1ccc(Cl)c(Cl)c1.O=c1oc2ccc(Br)cc2cc1S(=O)(=O)c1ccc(Cl)cc1.O=c1oc2ccc(Cl)cc2cc1S(=O)(=O)c1ccc(Cl)c(Cl)c1.O=c1oc2ccc(Cl)cc2cc1S(=O)(=O)c1ccc(Cl)cc1.O=c1oc2ccc([N+](=O)[O-])cc2cc1S(=O)(=O)c1ccc(Cl)cc1. The van der Waals surface area contributed by atoms with Gasteiger partial charge in [0.1, 0.15) is 39.2 Å². The summed E-state index contributed by atoms with van der Waals surface area (Å²) in [5.41, 5.74) is -4.47. The first kappa shape index (κ1) is 103. The van der Waals surface area contributed by atoms with Crippen LogP contribution in [-0.4, -0.2) is 62.5 Å². The van der Waals surface area contributed by atoms with Crippen LogP contribution in [0.25, 0.3) is 65.8 Å². The molecule has 6 aromatic heterocycles. The summed E-state index contributed by atoms with van der Waals surface area (Å²) in [4.78, 5) is 79.1. The maximum atomic E-state index is 12.7. The average Bonchev–Trinajstić information content (AvgIpc) is 0.788. The van der Waals surface area contributed by atoms with E-state index >= 15 is 0 Å². The second-order valence-electron chi connectivity index (χ2n) is 28.0. The van der Waals surface area contributed by atoms with Crippen molar-refractivity contribution in [3.05, 3.63) is 411 Å². The van der Waals surface area contributed by atoms with E-state index in [-0.39, 0.29) is 82.9 Å². The number of rotatable bonds is 14. The van der Waals surface area contributed by atoms with Gasteiger partial charge >= 0.3 is 33.8 Å². The van der Waals surface area contributed by atoms with Crippen LogP contribution >= 0.6 is 148 Å². The molecule has 0 bridgehead atoms. The molecule has 28 nitrogen and oxygen atoms in total. The van der Waals surface area contributed by atoms with Gasteiger partial charge in [0.2, 0.25) is 59.0 Å². The van der Waals surface area contributed by atoms with E-state index in [2.05, 4.69) is 31.9 Å². The van der Waals surface area contributed by atoms with Crippen molar-refractivity contribution in [3.8, 4) is 5.75 Å². The highest BCUT2D eigenvalue weighted by atomic mass is 79.9. The summed E-state index contributed by atoms with van der Waals surface area (Å²) in [6.07, 6.45) is 0. The largest absolute Gasteiger partial charge is 0.497 e. The van der Waals surface area contributed by atoms with Gasteiger partial charge in [-0.3, -0.25) is 10.1 Å². The fourth-order valence-electron chi connectivity index (χ4n) is 12.3. The number of nitro benzene ring substituents is 1. The third-order valence-electron chi connectivity index (χ3n) is 19.1. The van der Waals surface area contributed by atoms with Gasteiger partial charge < -0.3 is 31.2 Å². The Labute approximate surface area is 839 Å². The van der Waals surface area contributed by atoms with Gasteiger partial charge in [-0.1, -0.05) is 148 Å². The molecule has 0 saturated heterocycles. The molecule has 6 heterocycles. The number of non-ortho nitro benzene ring substituents is 1. The van der Waals surface area contributed by atoms with Crippen LogP contribution in [0.15, 0.2) is 402 Å². The molecule has 18 aromatic rings. The molecule has 0 saturated carbocycles. The van der Waals surface area contributed by atoms with Gasteiger partial charge in [-0.15, -0.1) is 0 Å². The molecule has 0 atom stereocenters. The minimum Gasteiger partial charge on any atom is -0.497 e. The van der Waals surface area contributed by atoms with Crippen molar-refractivity contribution in [2.45, 2.75) is 58.7 Å². The summed E-state index contributed by atoms with van der Waals surface area (Å²) >= 11 is 64.6. The Kier molecular flexibility index (Phi) is 31.7. The number of nitrogens with zero attached hydrogens (tertiary/aromatic N) is 1. The van der Waals surface area contributed by atoms with Crippen molar-refractivity contribution in [2.24, 2.45) is 0 Å². The molecule has 12 aromatic carbocycles. The van der Waals surface area contributed by atoms with Crippen LogP contribution in [0.5, 0.6) is 5.75 Å². The fourth-order valence-corrected chi connectivity index (χ4v) is 22.5. The van der Waals surface area contributed by atoms with E-state index in [1.807, 2.05) is 0 Å². The van der Waals surface area contributed by atoms with E-state index < -0.39 is 127 Å². The molecule has 46 heteroatoms. The number of sulfone groups is 6. The van der Waals surface area contributed by atoms with E-state index in [4.69, 9.17) is 147 Å². The van der Waals surface area contributed by atoms with E-state index in [0.717, 1.165) is 21.1 Å². The summed E-state index contributed by atoms with van der Waals surface area (Å²) in [5.74, 6) is 0.529. The number of benzene rings is 12. The van der Waals surface area contributed by atoms with Crippen LogP contribution in [0, 0.1) is 10.1 Å². The standard InChI is InChI=1S/C16H11ClO5S.C15H7BrCl2O4S.C15H8BrClO4S.C15H7Cl3O4S.C15H8Cl2O4S.C15H8ClNO6S/c1-21-12-4-7-14-10(8-12)9-15(16(18)22-14)23(19,20)13-5-2-11(17)3-6-13;16-9-1-4-13-8(5-9)6-14(15(19)22-13)23(20,21)10-2-3-11(17)12(18)7-10;16-10-1-6-13-9(7-10)8-14(15(18)21-13)22(19,20)12-4-2-11(17)3-5-12;16-9-1-4-13-8(5-9)6-14(15(19)22-13)23(20,21)10-2-3-11(17)12(18)7-10;16-10-1-4-12(5-2-10)22(19,20)14-8-9-7-11(17)3-6-13(9)21-15(14)18;16-10-1-4-12(5-2-10)24(21,22)14-8-9-7-11(17(19)20)3-6-13(9)23-15(14)18/h2-9H,1H3;1-7H;1-8H;1-7H;1-8H;1-8H. The van der Waals surface area contributed by atoms with E-state index in [1.54, 1.807) is 66.7 Å². The number of ether oxygens (including phenoxy) is 1. The lowest BCUT2D eigenvalue weighted by atomic mass is 10.2. The number of fused-ring (bicyclic) bond motifs is 6. The zero-order valence-corrected chi connectivity index (χ0v) is 83.6. The Bertz CT molecular complexity index is 8750. The second kappa shape index (κ2) is 42.2. The minimum atomic E-state index is -4.15. The number of nitro groups is 1. The second-order valence-corrected chi connectivity index (χ2v) is 45.6. The van der Waals surface area contributed by atoms with Gasteiger partial charge in [-0.2, -0.15) is 0 Å². The van der Waals surface area contributed by atoms with Crippen LogP contribution in [0.2, 0.25) is 50.2 Å². The quantitative estimate of drug-likeness (QED) is 0.0554. The average molecular weight is 2300 g/mol. The molecule has 0 aliphatic heterocycles. The first-order chi connectivity index (χ1) is 64.5. The molecule has 0 aliphatic rings. The number of hydrogen-bond donors (Lipinski definition) is 0. The first-order valence-electron chi connectivity index (χ1n) is 37.7. The summed E-state index contributed by atoms with van der Waals surface area (Å²) in [6, 6.07) is 64.4. The lowest BCUT2D eigenvalue weighted by Gasteiger charge is -2.06. The summed E-state index contributed by atoms with van der Waals surface area (Å²) in [7, 11) is -22.8. The molecule has 0 unspecified atom stereocenters. The van der Waals surface area contributed by atoms with Crippen LogP contribution in [-0.2, 0) is 59.0 Å². The fraction of sp³-hybridized carbons (Fsp3) is 0.0110. The first-order valence-corrected chi connectivity index (χ1v) is 52.0. The highest BCUT2D eigenvalue weighted by Crippen LogP contribution is 2.36. The molecule has 0 fully saturated rings. The Balaban J connectivity index is 0.000000139. The smallest absolute Gasteiger partial charge is 0.355 e. The Morgan fingerprint density at radius 3 is 0.730 bits per heavy atom. The van der Waals surface area contributed by atoms with E-state index in [9.17, 15) is 89.4 Å². The van der Waals surface area contributed by atoms with Crippen molar-refractivity contribution >= 4 is 278 Å². The van der Waals surface area contributed by atoms with Crippen molar-refractivity contribution in [3.63, 3.8) is 0 Å². The van der Waals surface area contributed by atoms with Gasteiger partial charge in [-0.05, 0) is 267 Å². The number of hydrogen-bond acceptors (Lipinski definition) is 27. The van der Waals surface area contributed by atoms with Crippen LogP contribution in [0.4, 0.5) is 5.69 Å². The molecule has 0 aliphatic carbocycles. The molecule has 0 amide bonds. The third-order valence-corrected chi connectivity index (χ3v) is 33.5. The summed E-state index contributed by atoms with van der Waals surface area (Å²) < 4.78 is 188. The van der Waals surface area contributed by atoms with Crippen molar-refractivity contribution < 1.29 is 86.7 Å². The third kappa shape index (κ3) is 23.5. The zero-order chi connectivity index (χ0) is 99.5. The van der Waals surface area contributed by atoms with E-state index in [1.165, 1.54) is 207 Å². The van der Waals surface area contributed by atoms with Gasteiger partial charge in [-0.25, -0.2) is 79.3 Å². The lowest BCUT2D eigenvalue weighted by molar-refractivity contribution is -0.384. The predicted molar refractivity (Wildman–Crippen MR) is 525 cm³/mol. The normalized spacial score (nSPS) is 11.7. The molecule has 0 radical (unpaired) electrons. The number of halogens is 12. The van der Waals surface area contributed by atoms with Gasteiger partial charge in [0, 0.05) is 83.5 Å². The van der Waals surface area contributed by atoms with Crippen LogP contribution in [0.1, 0.15) is 0 Å².